The SMILES string of the molecule is C[C@@]1(OCc2ccccc2)[C@H](OCc2ccccc2)C(COCc2ccccc2)O[C@H]1c1ccc(C#N)n1N. The molecular weight excluding hydrogens is 490 g/mol. The molecule has 4 atom stereocenters. The van der Waals surface area contributed by atoms with Crippen molar-refractivity contribution >= 4 is 0 Å². The first kappa shape index (κ1) is 26.7. The summed E-state index contributed by atoms with van der Waals surface area (Å²) in [5.74, 6) is 6.34. The van der Waals surface area contributed by atoms with Crippen molar-refractivity contribution in [3.63, 3.8) is 0 Å². The zero-order valence-corrected chi connectivity index (χ0v) is 22.0. The van der Waals surface area contributed by atoms with Gasteiger partial charge >= 0.3 is 0 Å². The van der Waals surface area contributed by atoms with E-state index < -0.39 is 23.9 Å². The number of hydrogen-bond acceptors (Lipinski definition) is 6. The van der Waals surface area contributed by atoms with Crippen molar-refractivity contribution in [1.29, 1.82) is 5.26 Å². The van der Waals surface area contributed by atoms with Crippen molar-refractivity contribution in [2.45, 2.75) is 50.7 Å². The zero-order chi connectivity index (χ0) is 27.1. The van der Waals surface area contributed by atoms with Gasteiger partial charge < -0.3 is 24.8 Å². The molecule has 0 bridgehead atoms. The van der Waals surface area contributed by atoms with Crippen LogP contribution >= 0.6 is 0 Å². The van der Waals surface area contributed by atoms with Crippen LogP contribution in [-0.2, 0) is 38.8 Å². The summed E-state index contributed by atoms with van der Waals surface area (Å²) in [7, 11) is 0. The van der Waals surface area contributed by atoms with Gasteiger partial charge in [-0.3, -0.25) is 4.68 Å². The zero-order valence-electron chi connectivity index (χ0n) is 22.0. The van der Waals surface area contributed by atoms with Crippen molar-refractivity contribution in [3.05, 3.63) is 131 Å². The van der Waals surface area contributed by atoms with Crippen LogP contribution in [0.5, 0.6) is 0 Å². The third kappa shape index (κ3) is 6.06. The molecule has 1 fully saturated rings. The van der Waals surface area contributed by atoms with E-state index in [2.05, 4.69) is 6.07 Å². The van der Waals surface area contributed by atoms with Crippen LogP contribution in [-0.4, -0.2) is 29.1 Å². The number of hydrogen-bond donors (Lipinski definition) is 1. The molecule has 0 radical (unpaired) electrons. The van der Waals surface area contributed by atoms with Gasteiger partial charge in [0.2, 0.25) is 0 Å². The maximum atomic E-state index is 9.53. The van der Waals surface area contributed by atoms with Crippen molar-refractivity contribution in [2.24, 2.45) is 0 Å². The van der Waals surface area contributed by atoms with E-state index >= 15 is 0 Å². The highest BCUT2D eigenvalue weighted by molar-refractivity contribution is 5.31. The molecule has 5 rings (SSSR count). The molecule has 1 unspecified atom stereocenters. The highest BCUT2D eigenvalue weighted by Crippen LogP contribution is 2.46. The van der Waals surface area contributed by atoms with Gasteiger partial charge in [-0.25, -0.2) is 0 Å². The minimum atomic E-state index is -0.937. The first-order chi connectivity index (χ1) is 19.1. The van der Waals surface area contributed by atoms with Gasteiger partial charge in [0.1, 0.15) is 35.7 Å². The van der Waals surface area contributed by atoms with Gasteiger partial charge in [0, 0.05) is 0 Å². The summed E-state index contributed by atoms with van der Waals surface area (Å²) in [4.78, 5) is 0. The molecular formula is C32H33N3O4. The highest BCUT2D eigenvalue weighted by Gasteiger charge is 2.57. The van der Waals surface area contributed by atoms with Crippen LogP contribution in [0.15, 0.2) is 103 Å². The largest absolute Gasteiger partial charge is 0.374 e. The van der Waals surface area contributed by atoms with E-state index in [1.807, 2.05) is 104 Å². The maximum absolute atomic E-state index is 9.53. The molecule has 0 aliphatic carbocycles. The van der Waals surface area contributed by atoms with Crippen molar-refractivity contribution in [3.8, 4) is 6.07 Å². The van der Waals surface area contributed by atoms with Crippen LogP contribution in [0.3, 0.4) is 0 Å². The molecule has 2 heterocycles. The fraction of sp³-hybridized carbons (Fsp3) is 0.281. The number of aromatic nitrogens is 1. The van der Waals surface area contributed by atoms with Crippen LogP contribution in [0, 0.1) is 11.3 Å². The third-order valence-electron chi connectivity index (χ3n) is 7.13. The van der Waals surface area contributed by atoms with E-state index in [-0.39, 0.29) is 0 Å². The number of benzene rings is 3. The van der Waals surface area contributed by atoms with Crippen LogP contribution in [0.1, 0.15) is 41.1 Å². The van der Waals surface area contributed by atoms with Gasteiger partial charge in [-0.15, -0.1) is 0 Å². The number of ether oxygens (including phenoxy) is 4. The van der Waals surface area contributed by atoms with Crippen molar-refractivity contribution in [2.75, 3.05) is 12.4 Å². The Hall–Kier alpha value is -3.93. The number of nitriles is 1. The second kappa shape index (κ2) is 12.3. The molecule has 1 aromatic heterocycles. The molecule has 7 nitrogen and oxygen atoms in total. The van der Waals surface area contributed by atoms with E-state index in [4.69, 9.17) is 24.8 Å². The average Bonchev–Trinajstić information content (AvgIpc) is 3.48. The Kier molecular flexibility index (Phi) is 8.40. The van der Waals surface area contributed by atoms with Crippen LogP contribution in [0.4, 0.5) is 0 Å². The Labute approximate surface area is 229 Å². The molecule has 2 N–H and O–H groups in total. The quantitative estimate of drug-likeness (QED) is 0.269. The average molecular weight is 524 g/mol. The number of nitrogen functional groups attached to an aromatic ring is 1. The van der Waals surface area contributed by atoms with Crippen molar-refractivity contribution in [1.82, 2.24) is 4.68 Å². The summed E-state index contributed by atoms with van der Waals surface area (Å²) < 4.78 is 27.4. The minimum Gasteiger partial charge on any atom is -0.374 e. The standard InChI is InChI=1S/C32H33N3O4/c1-32(38-22-26-15-9-4-10-16-26)30(28-18-17-27(19-33)35(28)34)39-29(23-36-20-24-11-5-2-6-12-24)31(32)37-21-25-13-7-3-8-14-25/h2-18,29-31H,20-23,34H2,1H3/t29?,30-,31+,32-/m0/s1. The van der Waals surface area contributed by atoms with Crippen molar-refractivity contribution < 1.29 is 18.9 Å². The second-order valence-corrected chi connectivity index (χ2v) is 9.86. The summed E-state index contributed by atoms with van der Waals surface area (Å²) in [6.07, 6.45) is -1.52. The fourth-order valence-corrected chi connectivity index (χ4v) is 5.03. The Morgan fingerprint density at radius 1 is 0.821 bits per heavy atom. The van der Waals surface area contributed by atoms with E-state index in [0.717, 1.165) is 16.7 Å². The number of rotatable bonds is 11. The predicted octanol–water partition coefficient (Wildman–Crippen LogP) is 5.29. The molecule has 1 aliphatic heterocycles. The van der Waals surface area contributed by atoms with Gasteiger partial charge in [0.05, 0.1) is 32.1 Å². The lowest BCUT2D eigenvalue weighted by molar-refractivity contribution is -0.148. The van der Waals surface area contributed by atoms with Gasteiger partial charge in [0.15, 0.2) is 0 Å². The molecule has 200 valence electrons. The molecule has 7 heteroatoms. The highest BCUT2D eigenvalue weighted by atomic mass is 16.6. The van der Waals surface area contributed by atoms with E-state index in [1.54, 1.807) is 6.07 Å². The molecule has 0 saturated carbocycles. The topological polar surface area (TPSA) is 91.7 Å². The Bertz CT molecular complexity index is 1370. The monoisotopic (exact) mass is 523 g/mol. The van der Waals surface area contributed by atoms with E-state index in [1.165, 1.54) is 4.68 Å². The molecule has 0 amide bonds. The lowest BCUT2D eigenvalue weighted by atomic mass is 9.90. The van der Waals surface area contributed by atoms with Gasteiger partial charge in [-0.2, -0.15) is 5.26 Å². The molecule has 39 heavy (non-hydrogen) atoms. The Morgan fingerprint density at radius 2 is 1.38 bits per heavy atom. The predicted molar refractivity (Wildman–Crippen MR) is 148 cm³/mol. The molecule has 3 aromatic carbocycles. The Balaban J connectivity index is 1.45. The van der Waals surface area contributed by atoms with Crippen LogP contribution in [0.2, 0.25) is 0 Å². The number of nitrogens with zero attached hydrogens (tertiary/aromatic N) is 2. The molecule has 4 aromatic rings. The molecule has 0 spiro atoms. The van der Waals surface area contributed by atoms with E-state index in [0.29, 0.717) is 37.8 Å². The minimum absolute atomic E-state index is 0.297. The summed E-state index contributed by atoms with van der Waals surface area (Å²) in [5.41, 5.74) is 3.19. The molecule has 1 aliphatic rings. The fourth-order valence-electron chi connectivity index (χ4n) is 5.03. The second-order valence-electron chi connectivity index (χ2n) is 9.86. The lowest BCUT2D eigenvalue weighted by Gasteiger charge is -2.35. The first-order valence-electron chi connectivity index (χ1n) is 13.1. The van der Waals surface area contributed by atoms with Crippen LogP contribution in [0.25, 0.3) is 0 Å². The van der Waals surface area contributed by atoms with E-state index in [9.17, 15) is 5.26 Å². The Morgan fingerprint density at radius 3 is 1.95 bits per heavy atom. The summed E-state index contributed by atoms with van der Waals surface area (Å²) >= 11 is 0. The summed E-state index contributed by atoms with van der Waals surface area (Å²) in [6.45, 7) is 3.48. The lowest BCUT2D eigenvalue weighted by Crippen LogP contribution is -2.47. The molecule has 1 saturated heterocycles. The summed E-state index contributed by atoms with van der Waals surface area (Å²) in [5, 5.41) is 9.53. The smallest absolute Gasteiger partial charge is 0.139 e. The first-order valence-corrected chi connectivity index (χ1v) is 13.1. The third-order valence-corrected chi connectivity index (χ3v) is 7.13. The van der Waals surface area contributed by atoms with Gasteiger partial charge in [-0.05, 0) is 35.7 Å². The van der Waals surface area contributed by atoms with Gasteiger partial charge in [0.25, 0.3) is 0 Å². The normalized spacial score (nSPS) is 22.5. The van der Waals surface area contributed by atoms with Gasteiger partial charge in [-0.1, -0.05) is 91.0 Å². The number of nitrogens with two attached hydrogens (primary N) is 1. The maximum Gasteiger partial charge on any atom is 0.139 e. The van der Waals surface area contributed by atoms with Crippen LogP contribution < -0.4 is 5.84 Å². The summed E-state index contributed by atoms with van der Waals surface area (Å²) in [6, 6.07) is 35.7.